The SMILES string of the molecule is Cc1ccccc1-c1nc(-c2ccc(NC(=O)C(C)(C)CCl)cc2)cs1. The zero-order valence-electron chi connectivity index (χ0n) is 15.0. The quantitative estimate of drug-likeness (QED) is 0.549. The highest BCUT2D eigenvalue weighted by atomic mass is 35.5. The Kier molecular flexibility index (Phi) is 5.44. The van der Waals surface area contributed by atoms with Crippen LogP contribution in [-0.4, -0.2) is 16.8 Å². The molecule has 5 heteroatoms. The molecule has 0 saturated carbocycles. The molecule has 1 N–H and O–H groups in total. The number of carbonyl (C=O) groups is 1. The number of anilines is 1. The lowest BCUT2D eigenvalue weighted by atomic mass is 9.95. The van der Waals surface area contributed by atoms with E-state index in [1.165, 1.54) is 5.56 Å². The third-order valence-corrected chi connectivity index (χ3v) is 5.81. The van der Waals surface area contributed by atoms with Crippen molar-refractivity contribution >= 4 is 34.5 Å². The Labute approximate surface area is 163 Å². The van der Waals surface area contributed by atoms with E-state index in [0.717, 1.165) is 27.5 Å². The van der Waals surface area contributed by atoms with Crippen LogP contribution in [0.2, 0.25) is 0 Å². The number of nitrogens with one attached hydrogen (secondary N) is 1. The first-order valence-corrected chi connectivity index (χ1v) is 9.81. The van der Waals surface area contributed by atoms with E-state index in [2.05, 4.69) is 29.8 Å². The maximum Gasteiger partial charge on any atom is 0.231 e. The summed E-state index contributed by atoms with van der Waals surface area (Å²) >= 11 is 7.49. The fraction of sp³-hybridized carbons (Fsp3) is 0.238. The normalized spacial score (nSPS) is 11.4. The second-order valence-corrected chi connectivity index (χ2v) is 8.03. The molecule has 0 aliphatic carbocycles. The number of halogens is 1. The summed E-state index contributed by atoms with van der Waals surface area (Å²) in [7, 11) is 0. The minimum absolute atomic E-state index is 0.0873. The number of alkyl halides is 1. The van der Waals surface area contributed by atoms with Crippen LogP contribution in [0.15, 0.2) is 53.9 Å². The zero-order chi connectivity index (χ0) is 18.7. The third-order valence-electron chi connectivity index (χ3n) is 4.27. The molecule has 0 aliphatic heterocycles. The summed E-state index contributed by atoms with van der Waals surface area (Å²) in [6.45, 7) is 5.74. The van der Waals surface area contributed by atoms with Gasteiger partial charge in [0.1, 0.15) is 5.01 Å². The topological polar surface area (TPSA) is 42.0 Å². The van der Waals surface area contributed by atoms with E-state index in [4.69, 9.17) is 16.6 Å². The van der Waals surface area contributed by atoms with Crippen LogP contribution in [0.3, 0.4) is 0 Å². The van der Waals surface area contributed by atoms with Gasteiger partial charge < -0.3 is 5.32 Å². The van der Waals surface area contributed by atoms with Gasteiger partial charge in [0.2, 0.25) is 5.91 Å². The molecule has 0 bridgehead atoms. The Bertz CT molecular complexity index is 916. The summed E-state index contributed by atoms with van der Waals surface area (Å²) in [5.41, 5.74) is 4.50. The lowest BCUT2D eigenvalue weighted by Gasteiger charge is -2.20. The molecule has 26 heavy (non-hydrogen) atoms. The maximum absolute atomic E-state index is 12.2. The van der Waals surface area contributed by atoms with Crippen LogP contribution in [0.1, 0.15) is 19.4 Å². The Hall–Kier alpha value is -2.17. The number of carbonyl (C=O) groups excluding carboxylic acids is 1. The number of amides is 1. The predicted octanol–water partition coefficient (Wildman–Crippen LogP) is 5.99. The standard InChI is InChI=1S/C21H21ClN2OS/c1-14-6-4-5-7-17(14)19-24-18(12-26-19)15-8-10-16(11-9-15)23-20(25)21(2,3)13-22/h4-12H,13H2,1-3H3,(H,23,25). The highest BCUT2D eigenvalue weighted by Crippen LogP contribution is 2.31. The van der Waals surface area contributed by atoms with Crippen molar-refractivity contribution in [2.45, 2.75) is 20.8 Å². The van der Waals surface area contributed by atoms with Crippen molar-refractivity contribution in [3.63, 3.8) is 0 Å². The average molecular weight is 385 g/mol. The fourth-order valence-corrected chi connectivity index (χ4v) is 3.47. The molecule has 3 nitrogen and oxygen atoms in total. The molecule has 0 saturated heterocycles. The summed E-state index contributed by atoms with van der Waals surface area (Å²) in [4.78, 5) is 17.0. The molecule has 1 amide bonds. The second kappa shape index (κ2) is 7.60. The van der Waals surface area contributed by atoms with Gasteiger partial charge in [0, 0.05) is 28.1 Å². The van der Waals surface area contributed by atoms with Crippen molar-refractivity contribution in [2.24, 2.45) is 5.41 Å². The Balaban J connectivity index is 1.78. The molecule has 0 radical (unpaired) electrons. The van der Waals surface area contributed by atoms with Gasteiger partial charge in [-0.05, 0) is 38.5 Å². The number of rotatable bonds is 5. The molecular formula is C21H21ClN2OS. The molecule has 1 aromatic heterocycles. The van der Waals surface area contributed by atoms with Gasteiger partial charge in [-0.2, -0.15) is 0 Å². The maximum atomic E-state index is 12.2. The van der Waals surface area contributed by atoms with E-state index in [-0.39, 0.29) is 11.8 Å². The minimum Gasteiger partial charge on any atom is -0.326 e. The van der Waals surface area contributed by atoms with Crippen LogP contribution in [0.5, 0.6) is 0 Å². The van der Waals surface area contributed by atoms with Gasteiger partial charge in [-0.15, -0.1) is 22.9 Å². The van der Waals surface area contributed by atoms with Crippen LogP contribution in [0.25, 0.3) is 21.8 Å². The number of hydrogen-bond donors (Lipinski definition) is 1. The lowest BCUT2D eigenvalue weighted by Crippen LogP contribution is -2.32. The van der Waals surface area contributed by atoms with Crippen molar-refractivity contribution in [3.8, 4) is 21.8 Å². The first-order valence-electron chi connectivity index (χ1n) is 8.40. The van der Waals surface area contributed by atoms with E-state index in [1.54, 1.807) is 11.3 Å². The van der Waals surface area contributed by atoms with Crippen molar-refractivity contribution in [1.29, 1.82) is 0 Å². The van der Waals surface area contributed by atoms with E-state index in [1.807, 2.05) is 50.2 Å². The number of aromatic nitrogens is 1. The van der Waals surface area contributed by atoms with Crippen LogP contribution in [0.4, 0.5) is 5.69 Å². The lowest BCUT2D eigenvalue weighted by molar-refractivity contribution is -0.122. The largest absolute Gasteiger partial charge is 0.326 e. The molecule has 0 atom stereocenters. The fourth-order valence-electron chi connectivity index (χ4n) is 2.43. The zero-order valence-corrected chi connectivity index (χ0v) is 16.6. The highest BCUT2D eigenvalue weighted by Gasteiger charge is 2.26. The number of benzene rings is 2. The van der Waals surface area contributed by atoms with Crippen LogP contribution in [0, 0.1) is 12.3 Å². The smallest absolute Gasteiger partial charge is 0.231 e. The van der Waals surface area contributed by atoms with E-state index >= 15 is 0 Å². The Morgan fingerprint density at radius 3 is 2.50 bits per heavy atom. The Morgan fingerprint density at radius 2 is 1.85 bits per heavy atom. The van der Waals surface area contributed by atoms with E-state index in [9.17, 15) is 4.79 Å². The van der Waals surface area contributed by atoms with Crippen LogP contribution in [-0.2, 0) is 4.79 Å². The molecule has 134 valence electrons. The number of thiazole rings is 1. The molecule has 1 heterocycles. The van der Waals surface area contributed by atoms with Gasteiger partial charge in [0.15, 0.2) is 0 Å². The Morgan fingerprint density at radius 1 is 1.15 bits per heavy atom. The summed E-state index contributed by atoms with van der Waals surface area (Å²) < 4.78 is 0. The molecule has 3 rings (SSSR count). The van der Waals surface area contributed by atoms with Gasteiger partial charge in [-0.25, -0.2) is 4.98 Å². The summed E-state index contributed by atoms with van der Waals surface area (Å²) in [5.74, 6) is 0.188. The highest BCUT2D eigenvalue weighted by molar-refractivity contribution is 7.13. The number of nitrogens with zero attached hydrogens (tertiary/aromatic N) is 1. The molecule has 0 unspecified atom stereocenters. The molecule has 0 fully saturated rings. The van der Waals surface area contributed by atoms with Crippen molar-refractivity contribution in [3.05, 3.63) is 59.5 Å². The van der Waals surface area contributed by atoms with Crippen molar-refractivity contribution < 1.29 is 4.79 Å². The van der Waals surface area contributed by atoms with Gasteiger partial charge >= 0.3 is 0 Å². The number of aryl methyl sites for hydroxylation is 1. The molecule has 0 aliphatic rings. The van der Waals surface area contributed by atoms with Crippen molar-refractivity contribution in [1.82, 2.24) is 4.98 Å². The summed E-state index contributed by atoms with van der Waals surface area (Å²) in [5, 5.41) is 5.98. The van der Waals surface area contributed by atoms with Gasteiger partial charge in [0.05, 0.1) is 11.1 Å². The van der Waals surface area contributed by atoms with E-state index < -0.39 is 5.41 Å². The molecular weight excluding hydrogens is 364 g/mol. The van der Waals surface area contributed by atoms with Crippen molar-refractivity contribution in [2.75, 3.05) is 11.2 Å². The van der Waals surface area contributed by atoms with Gasteiger partial charge in [-0.3, -0.25) is 4.79 Å². The minimum atomic E-state index is -0.600. The van der Waals surface area contributed by atoms with E-state index in [0.29, 0.717) is 0 Å². The summed E-state index contributed by atoms with van der Waals surface area (Å²) in [6, 6.07) is 16.0. The predicted molar refractivity (Wildman–Crippen MR) is 111 cm³/mol. The van der Waals surface area contributed by atoms with Crippen LogP contribution < -0.4 is 5.32 Å². The third kappa shape index (κ3) is 3.97. The van der Waals surface area contributed by atoms with Gasteiger partial charge in [-0.1, -0.05) is 36.4 Å². The van der Waals surface area contributed by atoms with Gasteiger partial charge in [0.25, 0.3) is 0 Å². The molecule has 3 aromatic rings. The summed E-state index contributed by atoms with van der Waals surface area (Å²) in [6.07, 6.45) is 0. The first-order chi connectivity index (χ1) is 12.4. The first kappa shape index (κ1) is 18.6. The average Bonchev–Trinajstić information content (AvgIpc) is 3.12. The monoisotopic (exact) mass is 384 g/mol. The van der Waals surface area contributed by atoms with Crippen LogP contribution >= 0.6 is 22.9 Å². The molecule has 0 spiro atoms. The molecule has 2 aromatic carbocycles. The second-order valence-electron chi connectivity index (χ2n) is 6.90. The number of hydrogen-bond acceptors (Lipinski definition) is 3.